The predicted octanol–water partition coefficient (Wildman–Crippen LogP) is 3.07. The lowest BCUT2D eigenvalue weighted by Crippen LogP contribution is -2.08. The molecule has 0 saturated heterocycles. The first-order valence-corrected chi connectivity index (χ1v) is 6.10. The molecule has 0 unspecified atom stereocenters. The highest BCUT2D eigenvalue weighted by Crippen LogP contribution is 2.28. The zero-order valence-electron chi connectivity index (χ0n) is 11.0. The van der Waals surface area contributed by atoms with Crippen molar-refractivity contribution in [2.75, 3.05) is 7.11 Å². The first-order chi connectivity index (χ1) is 10.1. The van der Waals surface area contributed by atoms with Gasteiger partial charge in [-0.25, -0.2) is 18.6 Å². The zero-order valence-corrected chi connectivity index (χ0v) is 11.0. The molecule has 4 nitrogen and oxygen atoms in total. The van der Waals surface area contributed by atoms with E-state index in [0.717, 1.165) is 6.07 Å². The van der Waals surface area contributed by atoms with Crippen molar-refractivity contribution in [3.05, 3.63) is 60.1 Å². The molecule has 0 aliphatic carbocycles. The van der Waals surface area contributed by atoms with Crippen LogP contribution >= 0.6 is 0 Å². The van der Waals surface area contributed by atoms with Gasteiger partial charge in [0.1, 0.15) is 17.2 Å². The highest BCUT2D eigenvalue weighted by atomic mass is 19.1. The summed E-state index contributed by atoms with van der Waals surface area (Å²) in [4.78, 5) is 15.8. The van der Waals surface area contributed by atoms with Gasteiger partial charge in [0.2, 0.25) is 0 Å². The van der Waals surface area contributed by atoms with Crippen molar-refractivity contribution in [2.24, 2.45) is 0 Å². The molecule has 0 atom stereocenters. The van der Waals surface area contributed by atoms with Gasteiger partial charge < -0.3 is 4.74 Å². The summed E-state index contributed by atoms with van der Waals surface area (Å²) in [5.41, 5.74) is 0.960. The lowest BCUT2D eigenvalue weighted by Gasteiger charge is -2.12. The van der Waals surface area contributed by atoms with Crippen molar-refractivity contribution in [3.8, 4) is 11.3 Å². The number of benzene rings is 1. The van der Waals surface area contributed by atoms with Crippen LogP contribution in [0.3, 0.4) is 0 Å². The molecule has 0 saturated carbocycles. The summed E-state index contributed by atoms with van der Waals surface area (Å²) in [6, 6.07) is 6.76. The van der Waals surface area contributed by atoms with Gasteiger partial charge >= 0.3 is 5.97 Å². The second-order valence-electron chi connectivity index (χ2n) is 4.41. The normalized spacial score (nSPS) is 10.8. The number of carbonyl (C=O) groups is 1. The van der Waals surface area contributed by atoms with Gasteiger partial charge in [-0.15, -0.1) is 0 Å². The Kier molecular flexibility index (Phi) is 3.13. The van der Waals surface area contributed by atoms with Crippen molar-refractivity contribution in [1.82, 2.24) is 9.38 Å². The number of hydrogen-bond acceptors (Lipinski definition) is 3. The Balaban J connectivity index is 2.40. The van der Waals surface area contributed by atoms with Gasteiger partial charge in [-0.05, 0) is 18.2 Å². The van der Waals surface area contributed by atoms with E-state index in [2.05, 4.69) is 9.72 Å². The summed E-state index contributed by atoms with van der Waals surface area (Å²) in [5, 5.41) is 0. The molecule has 3 rings (SSSR count). The first-order valence-electron chi connectivity index (χ1n) is 6.10. The minimum absolute atomic E-state index is 0.00565. The van der Waals surface area contributed by atoms with E-state index in [1.807, 2.05) is 0 Å². The fraction of sp³-hybridized carbons (Fsp3) is 0.0667. The SMILES string of the molecule is COC(=O)c1cc(F)c2cncn2c1-c1cccc(F)c1. The third kappa shape index (κ3) is 2.14. The molecule has 106 valence electrons. The van der Waals surface area contributed by atoms with Crippen LogP contribution in [0.5, 0.6) is 0 Å². The van der Waals surface area contributed by atoms with Gasteiger partial charge in [-0.3, -0.25) is 4.40 Å². The van der Waals surface area contributed by atoms with Crippen LogP contribution in [0, 0.1) is 11.6 Å². The van der Waals surface area contributed by atoms with Gasteiger partial charge in [0.15, 0.2) is 0 Å². The molecule has 0 radical (unpaired) electrons. The van der Waals surface area contributed by atoms with Crippen LogP contribution in [0.4, 0.5) is 8.78 Å². The minimum atomic E-state index is -0.705. The smallest absolute Gasteiger partial charge is 0.340 e. The number of hydrogen-bond donors (Lipinski definition) is 0. The third-order valence-corrected chi connectivity index (χ3v) is 3.15. The molecule has 0 bridgehead atoms. The van der Waals surface area contributed by atoms with Crippen LogP contribution in [-0.4, -0.2) is 22.5 Å². The van der Waals surface area contributed by atoms with Gasteiger partial charge in [-0.1, -0.05) is 12.1 Å². The van der Waals surface area contributed by atoms with E-state index in [-0.39, 0.29) is 11.1 Å². The number of carbonyl (C=O) groups excluding carboxylic acids is 1. The Bertz CT molecular complexity index is 843. The molecule has 0 N–H and O–H groups in total. The minimum Gasteiger partial charge on any atom is -0.465 e. The summed E-state index contributed by atoms with van der Waals surface area (Å²) in [6.07, 6.45) is 2.70. The zero-order chi connectivity index (χ0) is 15.0. The molecule has 0 aliphatic heterocycles. The number of esters is 1. The van der Waals surface area contributed by atoms with E-state index in [9.17, 15) is 13.6 Å². The quantitative estimate of drug-likeness (QED) is 0.681. The number of aromatic nitrogens is 2. The number of imidazole rings is 1. The number of halogens is 2. The van der Waals surface area contributed by atoms with E-state index < -0.39 is 17.6 Å². The van der Waals surface area contributed by atoms with Crippen LogP contribution in [0.15, 0.2) is 42.9 Å². The molecule has 2 aromatic heterocycles. The molecular weight excluding hydrogens is 278 g/mol. The fourth-order valence-corrected chi connectivity index (χ4v) is 2.24. The molecule has 0 spiro atoms. The van der Waals surface area contributed by atoms with E-state index in [4.69, 9.17) is 0 Å². The Hall–Kier alpha value is -2.76. The maximum atomic E-state index is 14.0. The summed E-state index contributed by atoms with van der Waals surface area (Å²) in [7, 11) is 1.20. The Morgan fingerprint density at radius 2 is 2.10 bits per heavy atom. The van der Waals surface area contributed by atoms with Crippen molar-refractivity contribution in [2.45, 2.75) is 0 Å². The first kappa shape index (κ1) is 13.2. The lowest BCUT2D eigenvalue weighted by atomic mass is 10.0. The van der Waals surface area contributed by atoms with Crippen molar-refractivity contribution in [1.29, 1.82) is 0 Å². The molecule has 0 fully saturated rings. The number of pyridine rings is 1. The maximum Gasteiger partial charge on any atom is 0.340 e. The Morgan fingerprint density at radius 1 is 1.29 bits per heavy atom. The Labute approximate surface area is 118 Å². The van der Waals surface area contributed by atoms with Crippen molar-refractivity contribution >= 4 is 11.5 Å². The van der Waals surface area contributed by atoms with E-state index in [1.165, 1.54) is 42.2 Å². The molecule has 2 heterocycles. The van der Waals surface area contributed by atoms with E-state index in [1.54, 1.807) is 6.07 Å². The lowest BCUT2D eigenvalue weighted by molar-refractivity contribution is 0.0600. The number of ether oxygens (including phenoxy) is 1. The molecule has 0 aliphatic rings. The topological polar surface area (TPSA) is 43.6 Å². The average Bonchev–Trinajstić information content (AvgIpc) is 2.96. The largest absolute Gasteiger partial charge is 0.465 e. The monoisotopic (exact) mass is 288 g/mol. The number of rotatable bonds is 2. The molecule has 1 aromatic carbocycles. The van der Waals surface area contributed by atoms with Crippen molar-refractivity contribution in [3.63, 3.8) is 0 Å². The molecule has 21 heavy (non-hydrogen) atoms. The van der Waals surface area contributed by atoms with Crippen LogP contribution in [-0.2, 0) is 4.74 Å². The van der Waals surface area contributed by atoms with E-state index >= 15 is 0 Å². The molecule has 0 amide bonds. The summed E-state index contributed by atoms with van der Waals surface area (Å²) < 4.78 is 33.5. The predicted molar refractivity (Wildman–Crippen MR) is 71.9 cm³/mol. The molecule has 6 heteroatoms. The highest BCUT2D eigenvalue weighted by Gasteiger charge is 2.20. The highest BCUT2D eigenvalue weighted by molar-refractivity contribution is 5.97. The van der Waals surface area contributed by atoms with Crippen LogP contribution in [0.25, 0.3) is 16.8 Å². The summed E-state index contributed by atoms with van der Waals surface area (Å²) in [6.45, 7) is 0. The van der Waals surface area contributed by atoms with Gasteiger partial charge in [-0.2, -0.15) is 0 Å². The van der Waals surface area contributed by atoms with Crippen LogP contribution in [0.1, 0.15) is 10.4 Å². The molecule has 3 aromatic rings. The number of methoxy groups -OCH3 is 1. The third-order valence-electron chi connectivity index (χ3n) is 3.15. The standard InChI is InChI=1S/C15H10F2N2O2/c1-21-15(20)11-6-12(17)13-7-18-8-19(13)14(11)9-3-2-4-10(16)5-9/h2-8H,1H3. The second kappa shape index (κ2) is 4.97. The van der Waals surface area contributed by atoms with Crippen LogP contribution < -0.4 is 0 Å². The van der Waals surface area contributed by atoms with Gasteiger partial charge in [0.25, 0.3) is 0 Å². The van der Waals surface area contributed by atoms with Crippen LogP contribution in [0.2, 0.25) is 0 Å². The van der Waals surface area contributed by atoms with Crippen molar-refractivity contribution < 1.29 is 18.3 Å². The maximum absolute atomic E-state index is 14.0. The summed E-state index contributed by atoms with van der Waals surface area (Å²) in [5.74, 6) is -1.77. The molecular formula is C15H10F2N2O2. The second-order valence-corrected chi connectivity index (χ2v) is 4.41. The number of fused-ring (bicyclic) bond motifs is 1. The summed E-state index contributed by atoms with van der Waals surface area (Å²) >= 11 is 0. The fourth-order valence-electron chi connectivity index (χ4n) is 2.24. The number of nitrogens with zero attached hydrogens (tertiary/aromatic N) is 2. The van der Waals surface area contributed by atoms with Gasteiger partial charge in [0, 0.05) is 5.56 Å². The van der Waals surface area contributed by atoms with E-state index in [0.29, 0.717) is 11.3 Å². The van der Waals surface area contributed by atoms with Gasteiger partial charge in [0.05, 0.1) is 30.9 Å². The average molecular weight is 288 g/mol. The Morgan fingerprint density at radius 3 is 2.81 bits per heavy atom.